The number of rotatable bonds is 0. The van der Waals surface area contributed by atoms with Gasteiger partial charge in [-0.3, -0.25) is 0 Å². The number of nitrogen functional groups attached to an aromatic ring is 1. The number of anilines is 1. The Bertz CT molecular complexity index is 552. The van der Waals surface area contributed by atoms with Crippen LogP contribution < -0.4 is 11.9 Å². The zero-order valence-electron chi connectivity index (χ0n) is 10.3. The molecule has 0 amide bonds. The lowest BCUT2D eigenvalue weighted by Crippen LogP contribution is -1.85. The van der Waals surface area contributed by atoms with Gasteiger partial charge in [-0.25, -0.2) is 0 Å². The molecule has 1 heterocycles. The fraction of sp³-hybridized carbons (Fsp3) is 0.0769. The third kappa shape index (κ3) is 3.29. The first-order valence-electron chi connectivity index (χ1n) is 5.34. The van der Waals surface area contributed by atoms with Gasteiger partial charge < -0.3 is 11.9 Å². The number of aromatic amines is 1. The van der Waals surface area contributed by atoms with E-state index in [1.54, 1.807) is 0 Å². The molecule has 0 radical (unpaired) electrons. The van der Waals surface area contributed by atoms with Crippen LogP contribution in [0.1, 0.15) is 5.56 Å². The maximum atomic E-state index is 5.52. The van der Waals surface area contributed by atoms with Crippen LogP contribution in [0.25, 0.3) is 11.0 Å². The van der Waals surface area contributed by atoms with E-state index in [0.717, 1.165) is 22.3 Å². The van der Waals surface area contributed by atoms with E-state index in [4.69, 9.17) is 5.73 Å². The smallest absolute Gasteiger partial charge is 0.112 e. The first kappa shape index (κ1) is 13.7. The molecule has 0 saturated heterocycles. The maximum absolute atomic E-state index is 5.52. The molecule has 0 unspecified atom stereocenters. The van der Waals surface area contributed by atoms with E-state index < -0.39 is 0 Å². The highest BCUT2D eigenvalue weighted by atomic mass is 15.3. The first-order chi connectivity index (χ1) is 8.27. The Morgan fingerprint density at radius 2 is 1.39 bits per heavy atom. The lowest BCUT2D eigenvalue weighted by atomic mass is 10.2. The molecule has 2 aromatic carbocycles. The van der Waals surface area contributed by atoms with Crippen molar-refractivity contribution in [3.8, 4) is 0 Å². The van der Waals surface area contributed by atoms with Crippen molar-refractivity contribution in [3.05, 3.63) is 54.1 Å². The molecule has 0 bridgehead atoms. The molecule has 0 saturated carbocycles. The predicted octanol–water partition coefficient (Wildman–Crippen LogP) is 2.70. The van der Waals surface area contributed by atoms with Crippen LogP contribution in [0.15, 0.2) is 48.5 Å². The maximum Gasteiger partial charge on any atom is 0.112 e. The Morgan fingerprint density at radius 1 is 0.889 bits per heavy atom. The van der Waals surface area contributed by atoms with E-state index >= 15 is 0 Å². The molecule has 18 heavy (non-hydrogen) atoms. The number of fused-ring (bicyclic) bond motifs is 1. The third-order valence-corrected chi connectivity index (χ3v) is 2.41. The molecular weight excluding hydrogens is 226 g/mol. The molecular formula is C13H17N5. The molecule has 5 nitrogen and oxygen atoms in total. The van der Waals surface area contributed by atoms with Crippen LogP contribution in [0.5, 0.6) is 0 Å². The van der Waals surface area contributed by atoms with Gasteiger partial charge in [-0.15, -0.1) is 0 Å². The Kier molecular flexibility index (Phi) is 4.83. The zero-order valence-corrected chi connectivity index (χ0v) is 10.3. The first-order valence-corrected chi connectivity index (χ1v) is 5.34. The van der Waals surface area contributed by atoms with Crippen LogP contribution in [0, 0.1) is 6.92 Å². The molecule has 94 valence electrons. The van der Waals surface area contributed by atoms with Crippen molar-refractivity contribution in [2.45, 2.75) is 6.92 Å². The van der Waals surface area contributed by atoms with E-state index in [1.807, 2.05) is 55.5 Å². The Hall–Kier alpha value is -2.40. The Morgan fingerprint density at radius 3 is 1.83 bits per heavy atom. The summed E-state index contributed by atoms with van der Waals surface area (Å²) in [6.45, 7) is 2.00. The molecule has 5 heteroatoms. The van der Waals surface area contributed by atoms with E-state index in [9.17, 15) is 0 Å². The molecule has 1 aromatic heterocycles. The summed E-state index contributed by atoms with van der Waals surface area (Å²) in [5.41, 5.74) is 9.36. The molecule has 3 rings (SSSR count). The van der Waals surface area contributed by atoms with Crippen molar-refractivity contribution in [1.82, 2.24) is 21.6 Å². The normalized spacial score (nSPS) is 9.17. The number of nitrogens with two attached hydrogens (primary N) is 1. The van der Waals surface area contributed by atoms with Gasteiger partial charge >= 0.3 is 0 Å². The summed E-state index contributed by atoms with van der Waals surface area (Å²) >= 11 is 0. The number of aromatic nitrogens is 3. The van der Waals surface area contributed by atoms with Crippen molar-refractivity contribution >= 4 is 16.7 Å². The van der Waals surface area contributed by atoms with Crippen molar-refractivity contribution in [2.75, 3.05) is 5.73 Å². The number of nitrogens with zero attached hydrogens (tertiary/aromatic N) is 2. The molecule has 0 fully saturated rings. The lowest BCUT2D eigenvalue weighted by Gasteiger charge is -1.93. The predicted molar refractivity (Wildman–Crippen MR) is 74.5 cm³/mol. The van der Waals surface area contributed by atoms with Gasteiger partial charge in [0.25, 0.3) is 0 Å². The second kappa shape index (κ2) is 6.36. The molecule has 0 aliphatic heterocycles. The van der Waals surface area contributed by atoms with Crippen LogP contribution >= 0.6 is 0 Å². The SMILES string of the molecule is Cc1ccccc1N.N.c1ccc2n[nH]nc2c1. The van der Waals surface area contributed by atoms with Crippen LogP contribution in [-0.4, -0.2) is 15.4 Å². The van der Waals surface area contributed by atoms with Gasteiger partial charge in [0.05, 0.1) is 0 Å². The summed E-state index contributed by atoms with van der Waals surface area (Å²) in [6.07, 6.45) is 0. The van der Waals surface area contributed by atoms with E-state index in [-0.39, 0.29) is 6.15 Å². The van der Waals surface area contributed by atoms with Crippen LogP contribution in [0.3, 0.4) is 0 Å². The van der Waals surface area contributed by atoms with Gasteiger partial charge in [0.2, 0.25) is 0 Å². The van der Waals surface area contributed by atoms with E-state index in [1.165, 1.54) is 0 Å². The van der Waals surface area contributed by atoms with Crippen molar-refractivity contribution in [1.29, 1.82) is 0 Å². The highest BCUT2D eigenvalue weighted by Crippen LogP contribution is 2.06. The van der Waals surface area contributed by atoms with Gasteiger partial charge in [-0.1, -0.05) is 30.3 Å². The minimum absolute atomic E-state index is 0. The molecule has 6 N–H and O–H groups in total. The van der Waals surface area contributed by atoms with Crippen molar-refractivity contribution < 1.29 is 0 Å². The number of benzene rings is 2. The van der Waals surface area contributed by atoms with Crippen LogP contribution in [0.2, 0.25) is 0 Å². The number of H-pyrrole nitrogens is 1. The minimum atomic E-state index is 0. The van der Waals surface area contributed by atoms with Gasteiger partial charge in [0.1, 0.15) is 11.0 Å². The minimum Gasteiger partial charge on any atom is -0.399 e. The van der Waals surface area contributed by atoms with Crippen molar-refractivity contribution in [2.24, 2.45) is 0 Å². The standard InChI is InChI=1S/C7H9N.C6H5N3.H3N/c1-6-4-2-3-5-7(6)8;1-2-4-6-5(3-1)7-9-8-6;/h2-5H,8H2,1H3;1-4H,(H,7,8,9);1H3. The number of nitrogens with one attached hydrogen (secondary N) is 1. The fourth-order valence-electron chi connectivity index (χ4n) is 1.37. The molecule has 0 aliphatic rings. The molecule has 0 atom stereocenters. The average molecular weight is 243 g/mol. The monoisotopic (exact) mass is 243 g/mol. The van der Waals surface area contributed by atoms with E-state index in [2.05, 4.69) is 15.4 Å². The van der Waals surface area contributed by atoms with Gasteiger partial charge in [0, 0.05) is 5.69 Å². The summed E-state index contributed by atoms with van der Waals surface area (Å²) in [6, 6.07) is 15.5. The zero-order chi connectivity index (χ0) is 12.1. The quantitative estimate of drug-likeness (QED) is 0.528. The number of hydrogen-bond acceptors (Lipinski definition) is 4. The molecule has 0 spiro atoms. The molecule has 0 aliphatic carbocycles. The van der Waals surface area contributed by atoms with Crippen molar-refractivity contribution in [3.63, 3.8) is 0 Å². The summed E-state index contributed by atoms with van der Waals surface area (Å²) in [7, 11) is 0. The van der Waals surface area contributed by atoms with Gasteiger partial charge in [-0.05, 0) is 30.7 Å². The summed E-state index contributed by atoms with van der Waals surface area (Å²) in [4.78, 5) is 0. The lowest BCUT2D eigenvalue weighted by molar-refractivity contribution is 0.959. The van der Waals surface area contributed by atoms with Crippen LogP contribution in [0.4, 0.5) is 5.69 Å². The number of hydrogen-bond donors (Lipinski definition) is 3. The summed E-state index contributed by atoms with van der Waals surface area (Å²) in [5, 5.41) is 10.3. The fourth-order valence-corrected chi connectivity index (χ4v) is 1.37. The largest absolute Gasteiger partial charge is 0.399 e. The second-order valence-corrected chi connectivity index (χ2v) is 3.67. The van der Waals surface area contributed by atoms with Gasteiger partial charge in [-0.2, -0.15) is 15.4 Å². The Balaban J connectivity index is 0.000000172. The molecule has 3 aromatic rings. The van der Waals surface area contributed by atoms with E-state index in [0.29, 0.717) is 0 Å². The highest BCUT2D eigenvalue weighted by Gasteiger charge is 1.90. The highest BCUT2D eigenvalue weighted by molar-refractivity contribution is 5.72. The second-order valence-electron chi connectivity index (χ2n) is 3.67. The van der Waals surface area contributed by atoms with Gasteiger partial charge in [0.15, 0.2) is 0 Å². The summed E-state index contributed by atoms with van der Waals surface area (Å²) in [5.74, 6) is 0. The van der Waals surface area contributed by atoms with Crippen LogP contribution in [-0.2, 0) is 0 Å². The number of para-hydroxylation sites is 3. The average Bonchev–Trinajstić information content (AvgIpc) is 2.82. The number of aryl methyl sites for hydroxylation is 1. The third-order valence-electron chi connectivity index (χ3n) is 2.41. The summed E-state index contributed by atoms with van der Waals surface area (Å²) < 4.78 is 0. The topological polar surface area (TPSA) is 103 Å². The Labute approximate surface area is 106 Å².